The van der Waals surface area contributed by atoms with Crippen LogP contribution in [-0.2, 0) is 4.79 Å². The van der Waals surface area contributed by atoms with Crippen LogP contribution >= 0.6 is 0 Å². The molecule has 0 heterocycles. The van der Waals surface area contributed by atoms with E-state index in [4.69, 9.17) is 9.47 Å². The minimum absolute atomic E-state index is 0.0455. The molecule has 1 N–H and O–H groups in total. The molecule has 0 fully saturated rings. The van der Waals surface area contributed by atoms with E-state index in [-0.39, 0.29) is 12.3 Å². The number of hydrazone groups is 1. The monoisotopic (exact) mass is 329 g/mol. The average molecular weight is 329 g/mol. The second-order valence-corrected chi connectivity index (χ2v) is 4.61. The Bertz CT molecular complexity index is 726. The maximum Gasteiger partial charge on any atom is 0.277 e. The third-order valence-electron chi connectivity index (χ3n) is 2.94. The topological polar surface area (TPSA) is 103 Å². The summed E-state index contributed by atoms with van der Waals surface area (Å²) in [5.74, 6) is 0.640. The Balaban J connectivity index is 1.78. The van der Waals surface area contributed by atoms with E-state index in [2.05, 4.69) is 10.5 Å². The molecule has 0 aliphatic rings. The molecule has 0 saturated carbocycles. The Kier molecular flexibility index (Phi) is 5.84. The van der Waals surface area contributed by atoms with E-state index in [0.717, 1.165) is 11.3 Å². The molecule has 0 atom stereocenters. The van der Waals surface area contributed by atoms with Gasteiger partial charge in [-0.1, -0.05) is 0 Å². The minimum Gasteiger partial charge on any atom is -0.497 e. The summed E-state index contributed by atoms with van der Waals surface area (Å²) >= 11 is 0. The Morgan fingerprint density at radius 1 is 1.17 bits per heavy atom. The van der Waals surface area contributed by atoms with E-state index in [1.807, 2.05) is 0 Å². The lowest BCUT2D eigenvalue weighted by atomic mass is 10.2. The van der Waals surface area contributed by atoms with Crippen molar-refractivity contribution in [2.45, 2.75) is 0 Å². The Morgan fingerprint density at radius 2 is 1.79 bits per heavy atom. The first kappa shape index (κ1) is 16.9. The fraction of sp³-hybridized carbons (Fsp3) is 0.125. The SMILES string of the molecule is COc1ccc(/C=N\NC(=O)COc2ccc([N+](=O)[O-])cc2)cc1. The van der Waals surface area contributed by atoms with Crippen LogP contribution in [0.5, 0.6) is 11.5 Å². The van der Waals surface area contributed by atoms with Crippen molar-refractivity contribution in [2.75, 3.05) is 13.7 Å². The zero-order valence-corrected chi connectivity index (χ0v) is 12.8. The molecule has 0 aliphatic carbocycles. The molecule has 0 saturated heterocycles. The van der Waals surface area contributed by atoms with Gasteiger partial charge in [-0.25, -0.2) is 5.43 Å². The third kappa shape index (κ3) is 5.09. The molecule has 24 heavy (non-hydrogen) atoms. The highest BCUT2D eigenvalue weighted by Gasteiger charge is 2.06. The van der Waals surface area contributed by atoms with Crippen molar-refractivity contribution in [2.24, 2.45) is 5.10 Å². The molecule has 0 aliphatic heterocycles. The van der Waals surface area contributed by atoms with Gasteiger partial charge in [0.05, 0.1) is 18.2 Å². The molecular weight excluding hydrogens is 314 g/mol. The molecule has 8 heteroatoms. The van der Waals surface area contributed by atoms with Gasteiger partial charge in [0.15, 0.2) is 6.61 Å². The first-order chi connectivity index (χ1) is 11.6. The molecule has 8 nitrogen and oxygen atoms in total. The van der Waals surface area contributed by atoms with Crippen molar-refractivity contribution in [3.8, 4) is 11.5 Å². The van der Waals surface area contributed by atoms with Crippen molar-refractivity contribution >= 4 is 17.8 Å². The fourth-order valence-electron chi connectivity index (χ4n) is 1.71. The van der Waals surface area contributed by atoms with E-state index < -0.39 is 10.8 Å². The highest BCUT2D eigenvalue weighted by Crippen LogP contribution is 2.17. The van der Waals surface area contributed by atoms with Gasteiger partial charge in [-0.2, -0.15) is 5.10 Å². The summed E-state index contributed by atoms with van der Waals surface area (Å²) in [4.78, 5) is 21.6. The van der Waals surface area contributed by atoms with Crippen molar-refractivity contribution < 1.29 is 19.2 Å². The molecule has 2 aromatic carbocycles. The molecule has 124 valence electrons. The number of benzene rings is 2. The van der Waals surface area contributed by atoms with E-state index in [1.165, 1.54) is 30.5 Å². The summed E-state index contributed by atoms with van der Waals surface area (Å²) < 4.78 is 10.2. The number of methoxy groups -OCH3 is 1. The lowest BCUT2D eigenvalue weighted by Gasteiger charge is -2.04. The predicted molar refractivity (Wildman–Crippen MR) is 87.3 cm³/mol. The summed E-state index contributed by atoms with van der Waals surface area (Å²) in [7, 11) is 1.58. The number of amides is 1. The second-order valence-electron chi connectivity index (χ2n) is 4.61. The van der Waals surface area contributed by atoms with E-state index in [0.29, 0.717) is 5.75 Å². The lowest BCUT2D eigenvalue weighted by molar-refractivity contribution is -0.384. The lowest BCUT2D eigenvalue weighted by Crippen LogP contribution is -2.24. The quantitative estimate of drug-likeness (QED) is 0.476. The summed E-state index contributed by atoms with van der Waals surface area (Å²) in [5, 5.41) is 14.3. The minimum atomic E-state index is -0.510. The molecule has 2 aromatic rings. The summed E-state index contributed by atoms with van der Waals surface area (Å²) in [6, 6.07) is 12.6. The van der Waals surface area contributed by atoms with Crippen LogP contribution in [0, 0.1) is 10.1 Å². The number of hydrogen-bond donors (Lipinski definition) is 1. The zero-order chi connectivity index (χ0) is 17.4. The molecule has 0 radical (unpaired) electrons. The molecule has 0 bridgehead atoms. The van der Waals surface area contributed by atoms with Crippen LogP contribution in [-0.4, -0.2) is 30.8 Å². The van der Waals surface area contributed by atoms with Crippen LogP contribution in [0.15, 0.2) is 53.6 Å². The highest BCUT2D eigenvalue weighted by atomic mass is 16.6. The van der Waals surface area contributed by atoms with Crippen molar-refractivity contribution in [3.05, 3.63) is 64.2 Å². The van der Waals surface area contributed by atoms with Gasteiger partial charge in [0.25, 0.3) is 11.6 Å². The van der Waals surface area contributed by atoms with Crippen LogP contribution in [0.2, 0.25) is 0 Å². The number of non-ortho nitro benzene ring substituents is 1. The second kappa shape index (κ2) is 8.28. The maximum absolute atomic E-state index is 11.6. The van der Waals surface area contributed by atoms with Gasteiger partial charge < -0.3 is 9.47 Å². The van der Waals surface area contributed by atoms with Crippen LogP contribution in [0.1, 0.15) is 5.56 Å². The predicted octanol–water partition coefficient (Wildman–Crippen LogP) is 2.13. The number of nitrogens with zero attached hydrogens (tertiary/aromatic N) is 2. The van der Waals surface area contributed by atoms with E-state index in [9.17, 15) is 14.9 Å². The number of nitrogens with one attached hydrogen (secondary N) is 1. The van der Waals surface area contributed by atoms with Crippen molar-refractivity contribution in [1.29, 1.82) is 0 Å². The summed E-state index contributed by atoms with van der Waals surface area (Å²) in [6.45, 7) is -0.252. The van der Waals surface area contributed by atoms with Crippen LogP contribution in [0.25, 0.3) is 0 Å². The normalized spacial score (nSPS) is 10.4. The van der Waals surface area contributed by atoms with Crippen molar-refractivity contribution in [3.63, 3.8) is 0 Å². The van der Waals surface area contributed by atoms with E-state index >= 15 is 0 Å². The molecule has 2 rings (SSSR count). The molecule has 0 unspecified atom stereocenters. The number of rotatable bonds is 7. The smallest absolute Gasteiger partial charge is 0.277 e. The van der Waals surface area contributed by atoms with Gasteiger partial charge in [-0.3, -0.25) is 14.9 Å². The molecule has 1 amide bonds. The number of hydrogen-bond acceptors (Lipinski definition) is 6. The number of nitro groups is 1. The maximum atomic E-state index is 11.6. The third-order valence-corrected chi connectivity index (χ3v) is 2.94. The van der Waals surface area contributed by atoms with Crippen LogP contribution < -0.4 is 14.9 Å². The molecule has 0 spiro atoms. The molecular formula is C16H15N3O5. The Labute approximate surface area is 137 Å². The first-order valence-electron chi connectivity index (χ1n) is 6.91. The van der Waals surface area contributed by atoms with Crippen molar-refractivity contribution in [1.82, 2.24) is 5.43 Å². The van der Waals surface area contributed by atoms with Gasteiger partial charge in [0.1, 0.15) is 11.5 Å². The number of carbonyl (C=O) groups excluding carboxylic acids is 1. The van der Waals surface area contributed by atoms with Gasteiger partial charge >= 0.3 is 0 Å². The zero-order valence-electron chi connectivity index (χ0n) is 12.8. The fourth-order valence-corrected chi connectivity index (χ4v) is 1.71. The van der Waals surface area contributed by atoms with Gasteiger partial charge in [-0.05, 0) is 42.0 Å². The molecule has 0 aromatic heterocycles. The highest BCUT2D eigenvalue weighted by molar-refractivity contribution is 5.83. The van der Waals surface area contributed by atoms with Gasteiger partial charge in [-0.15, -0.1) is 0 Å². The summed E-state index contributed by atoms with van der Waals surface area (Å²) in [5.41, 5.74) is 3.08. The number of carbonyl (C=O) groups is 1. The van der Waals surface area contributed by atoms with Gasteiger partial charge in [0, 0.05) is 12.1 Å². The Hall–Kier alpha value is -3.42. The van der Waals surface area contributed by atoms with Crippen LogP contribution in [0.3, 0.4) is 0 Å². The Morgan fingerprint density at radius 3 is 2.38 bits per heavy atom. The first-order valence-corrected chi connectivity index (χ1v) is 6.91. The van der Waals surface area contributed by atoms with Crippen LogP contribution in [0.4, 0.5) is 5.69 Å². The van der Waals surface area contributed by atoms with Gasteiger partial charge in [0.2, 0.25) is 0 Å². The largest absolute Gasteiger partial charge is 0.497 e. The standard InChI is InChI=1S/C16H15N3O5/c1-23-14-6-2-12(3-7-14)10-17-18-16(20)11-24-15-8-4-13(5-9-15)19(21)22/h2-10H,11H2,1H3,(H,18,20)/b17-10-. The number of ether oxygens (including phenoxy) is 2. The summed E-state index contributed by atoms with van der Waals surface area (Å²) in [6.07, 6.45) is 1.49. The average Bonchev–Trinajstić information content (AvgIpc) is 2.61. The number of nitro benzene ring substituents is 1. The van der Waals surface area contributed by atoms with E-state index in [1.54, 1.807) is 31.4 Å².